The second-order valence-corrected chi connectivity index (χ2v) is 10.0. The minimum Gasteiger partial charge on any atom is -0.381 e. The zero-order chi connectivity index (χ0) is 25.3. The number of nitrogens with zero attached hydrogens (tertiary/aromatic N) is 2. The molecule has 0 aliphatic heterocycles. The molecule has 0 bridgehead atoms. The van der Waals surface area contributed by atoms with Crippen LogP contribution in [-0.2, 0) is 13.1 Å². The number of rotatable bonds is 11. The van der Waals surface area contributed by atoms with Crippen molar-refractivity contribution >= 4 is 44.3 Å². The summed E-state index contributed by atoms with van der Waals surface area (Å²) in [6, 6.07) is 29.3. The van der Waals surface area contributed by atoms with E-state index < -0.39 is 9.85 Å². The Morgan fingerprint density at radius 2 is 0.861 bits per heavy atom. The maximum Gasteiger partial charge on any atom is 0.269 e. The molecule has 0 fully saturated rings. The minimum atomic E-state index is -0.401. The second-order valence-electron chi connectivity index (χ2n) is 7.77. The third-order valence-corrected chi connectivity index (χ3v) is 7.65. The van der Waals surface area contributed by atoms with Gasteiger partial charge in [-0.15, -0.1) is 0 Å². The van der Waals surface area contributed by atoms with Gasteiger partial charge in [0.15, 0.2) is 0 Å². The lowest BCUT2D eigenvalue weighted by Crippen LogP contribution is -1.99. The molecule has 0 aliphatic carbocycles. The Labute approximate surface area is 215 Å². The highest BCUT2D eigenvalue weighted by atomic mass is 33.1. The normalized spacial score (nSPS) is 10.6. The van der Waals surface area contributed by atoms with Gasteiger partial charge in [-0.25, -0.2) is 0 Å². The summed E-state index contributed by atoms with van der Waals surface area (Å²) in [4.78, 5) is 22.9. The van der Waals surface area contributed by atoms with Crippen LogP contribution in [0.25, 0.3) is 0 Å². The summed E-state index contributed by atoms with van der Waals surface area (Å²) < 4.78 is 0. The first-order valence-corrected chi connectivity index (χ1v) is 13.1. The van der Waals surface area contributed by atoms with Gasteiger partial charge in [0.2, 0.25) is 0 Å². The van der Waals surface area contributed by atoms with E-state index in [9.17, 15) is 20.2 Å². The Balaban J connectivity index is 1.21. The fourth-order valence-electron chi connectivity index (χ4n) is 3.23. The number of hydrogen-bond donors (Lipinski definition) is 2. The highest BCUT2D eigenvalue weighted by molar-refractivity contribution is 8.76. The molecule has 4 rings (SSSR count). The SMILES string of the molecule is O=[N+]([O-])c1ccc(CNc2ccc(SSc3ccc(NCc4ccc([N+](=O)[O-])cc4)cc3)cc2)cc1. The van der Waals surface area contributed by atoms with Crippen molar-refractivity contribution in [1.82, 2.24) is 0 Å². The highest BCUT2D eigenvalue weighted by Gasteiger charge is 2.05. The number of non-ortho nitro benzene ring substituents is 2. The molecule has 0 atom stereocenters. The smallest absolute Gasteiger partial charge is 0.269 e. The molecule has 0 aromatic heterocycles. The largest absolute Gasteiger partial charge is 0.381 e. The lowest BCUT2D eigenvalue weighted by atomic mass is 10.2. The van der Waals surface area contributed by atoms with Gasteiger partial charge in [0, 0.05) is 58.5 Å². The van der Waals surface area contributed by atoms with Gasteiger partial charge in [0.1, 0.15) is 0 Å². The van der Waals surface area contributed by atoms with E-state index in [1.807, 2.05) is 24.3 Å². The molecule has 0 aliphatic rings. The Bertz CT molecular complexity index is 1210. The molecule has 10 heteroatoms. The van der Waals surface area contributed by atoms with E-state index in [2.05, 4.69) is 34.9 Å². The Hall–Kier alpha value is -4.02. The van der Waals surface area contributed by atoms with Crippen LogP contribution in [0.1, 0.15) is 11.1 Å². The van der Waals surface area contributed by atoms with Crippen molar-refractivity contribution in [1.29, 1.82) is 0 Å². The molecule has 2 N–H and O–H groups in total. The molecule has 36 heavy (non-hydrogen) atoms. The minimum absolute atomic E-state index is 0.0887. The molecule has 0 heterocycles. The fraction of sp³-hybridized carbons (Fsp3) is 0.0769. The molecule has 0 saturated carbocycles. The van der Waals surface area contributed by atoms with Gasteiger partial charge in [-0.3, -0.25) is 20.2 Å². The topological polar surface area (TPSA) is 110 Å². The lowest BCUT2D eigenvalue weighted by Gasteiger charge is -2.09. The van der Waals surface area contributed by atoms with Crippen molar-refractivity contribution in [3.8, 4) is 0 Å². The Morgan fingerprint density at radius 1 is 0.528 bits per heavy atom. The van der Waals surface area contributed by atoms with Crippen molar-refractivity contribution in [2.45, 2.75) is 22.9 Å². The number of nitro groups is 2. The van der Waals surface area contributed by atoms with Gasteiger partial charge < -0.3 is 10.6 Å². The van der Waals surface area contributed by atoms with Crippen LogP contribution in [0.15, 0.2) is 107 Å². The molecule has 0 unspecified atom stereocenters. The fourth-order valence-corrected chi connectivity index (χ4v) is 5.16. The molecule has 4 aromatic rings. The van der Waals surface area contributed by atoms with Crippen LogP contribution in [0.3, 0.4) is 0 Å². The third kappa shape index (κ3) is 7.24. The van der Waals surface area contributed by atoms with Gasteiger partial charge >= 0.3 is 0 Å². The standard InChI is InChI=1S/C26H22N4O4S2/c31-29(32)23-9-1-19(2-10-23)17-27-21-5-13-25(14-6-21)35-36-26-15-7-22(8-16-26)28-18-20-3-11-24(12-4-20)30(33)34/h1-16,27-28H,17-18H2. The second kappa shape index (κ2) is 12.1. The summed E-state index contributed by atoms with van der Waals surface area (Å²) >= 11 is 0. The van der Waals surface area contributed by atoms with Gasteiger partial charge in [-0.2, -0.15) is 0 Å². The molecule has 4 aromatic carbocycles. The number of nitro benzene ring substituents is 2. The van der Waals surface area contributed by atoms with Crippen molar-refractivity contribution in [3.05, 3.63) is 128 Å². The van der Waals surface area contributed by atoms with Crippen LogP contribution in [0.2, 0.25) is 0 Å². The first-order chi connectivity index (χ1) is 17.5. The van der Waals surface area contributed by atoms with E-state index in [1.54, 1.807) is 45.9 Å². The van der Waals surface area contributed by atoms with E-state index in [-0.39, 0.29) is 11.4 Å². The predicted octanol–water partition coefficient (Wildman–Crippen LogP) is 7.53. The van der Waals surface area contributed by atoms with Crippen LogP contribution < -0.4 is 10.6 Å². The summed E-state index contributed by atoms with van der Waals surface area (Å²) in [5, 5.41) is 28.2. The highest BCUT2D eigenvalue weighted by Crippen LogP contribution is 2.38. The van der Waals surface area contributed by atoms with E-state index in [1.165, 1.54) is 24.3 Å². The zero-order valence-corrected chi connectivity index (χ0v) is 20.6. The molecular formula is C26H22N4O4S2. The molecule has 0 radical (unpaired) electrons. The molecule has 182 valence electrons. The van der Waals surface area contributed by atoms with E-state index in [0.717, 1.165) is 32.3 Å². The first kappa shape index (κ1) is 25.1. The van der Waals surface area contributed by atoms with Gasteiger partial charge in [-0.1, -0.05) is 45.9 Å². The summed E-state index contributed by atoms with van der Waals surface area (Å²) in [6.45, 7) is 1.17. The average molecular weight is 519 g/mol. The summed E-state index contributed by atoms with van der Waals surface area (Å²) in [6.07, 6.45) is 0. The van der Waals surface area contributed by atoms with Gasteiger partial charge in [0.05, 0.1) is 9.85 Å². The summed E-state index contributed by atoms with van der Waals surface area (Å²) in [7, 11) is 3.34. The Morgan fingerprint density at radius 3 is 1.17 bits per heavy atom. The maximum absolute atomic E-state index is 10.7. The number of benzene rings is 4. The van der Waals surface area contributed by atoms with Crippen LogP contribution >= 0.6 is 21.6 Å². The molecule has 0 saturated heterocycles. The number of nitrogens with one attached hydrogen (secondary N) is 2. The Kier molecular flexibility index (Phi) is 8.43. The van der Waals surface area contributed by atoms with Gasteiger partial charge in [-0.05, 0) is 59.7 Å². The maximum atomic E-state index is 10.7. The summed E-state index contributed by atoms with van der Waals surface area (Å²) in [5.41, 5.74) is 4.08. The first-order valence-electron chi connectivity index (χ1n) is 11.0. The third-order valence-electron chi connectivity index (χ3n) is 5.23. The number of hydrogen-bond acceptors (Lipinski definition) is 8. The summed E-state index contributed by atoms with van der Waals surface area (Å²) in [5.74, 6) is 0. The van der Waals surface area contributed by atoms with Crippen LogP contribution in [0.4, 0.5) is 22.7 Å². The molecule has 0 amide bonds. The number of anilines is 2. The van der Waals surface area contributed by atoms with Crippen LogP contribution in [-0.4, -0.2) is 9.85 Å². The predicted molar refractivity (Wildman–Crippen MR) is 145 cm³/mol. The zero-order valence-electron chi connectivity index (χ0n) is 19.0. The average Bonchev–Trinajstić information content (AvgIpc) is 2.91. The molecule has 0 spiro atoms. The van der Waals surface area contributed by atoms with Crippen LogP contribution in [0.5, 0.6) is 0 Å². The van der Waals surface area contributed by atoms with Crippen molar-refractivity contribution in [2.75, 3.05) is 10.6 Å². The van der Waals surface area contributed by atoms with Crippen molar-refractivity contribution < 1.29 is 9.85 Å². The van der Waals surface area contributed by atoms with E-state index >= 15 is 0 Å². The quantitative estimate of drug-likeness (QED) is 0.119. The van der Waals surface area contributed by atoms with E-state index in [0.29, 0.717) is 13.1 Å². The van der Waals surface area contributed by atoms with Crippen molar-refractivity contribution in [2.24, 2.45) is 0 Å². The van der Waals surface area contributed by atoms with Crippen LogP contribution in [0, 0.1) is 20.2 Å². The lowest BCUT2D eigenvalue weighted by molar-refractivity contribution is -0.385. The monoisotopic (exact) mass is 518 g/mol. The molecule has 8 nitrogen and oxygen atoms in total. The molecular weight excluding hydrogens is 496 g/mol. The van der Waals surface area contributed by atoms with Gasteiger partial charge in [0.25, 0.3) is 11.4 Å². The van der Waals surface area contributed by atoms with E-state index in [4.69, 9.17) is 0 Å². The van der Waals surface area contributed by atoms with Crippen molar-refractivity contribution in [3.63, 3.8) is 0 Å².